The summed E-state index contributed by atoms with van der Waals surface area (Å²) in [5.41, 5.74) is -4.40. The molecule has 0 amide bonds. The summed E-state index contributed by atoms with van der Waals surface area (Å²) in [6.45, 7) is 0. The van der Waals surface area contributed by atoms with Crippen LogP contribution in [0.2, 0.25) is 0 Å². The molecule has 0 aliphatic carbocycles. The normalized spacial score (nSPS) is 11.8. The number of hydrogen-bond acceptors (Lipinski definition) is 10. The van der Waals surface area contributed by atoms with Crippen LogP contribution in [-0.4, -0.2) is 103 Å². The Morgan fingerprint density at radius 1 is 0.849 bits per heavy atom. The summed E-state index contributed by atoms with van der Waals surface area (Å²) in [6.07, 6.45) is 3.09. The van der Waals surface area contributed by atoms with Crippen LogP contribution in [0.15, 0.2) is 49.1 Å². The van der Waals surface area contributed by atoms with E-state index in [4.69, 9.17) is 19.2 Å². The second-order valence-electron chi connectivity index (χ2n) is 8.88. The maximum atomic E-state index is 12.4. The van der Waals surface area contributed by atoms with Gasteiger partial charge in [-0.25, -0.2) is 0 Å². The number of carbonyl (C=O) groups is 2. The van der Waals surface area contributed by atoms with E-state index in [-0.39, 0.29) is 75.7 Å². The molecule has 4 rings (SSSR count). The van der Waals surface area contributed by atoms with Gasteiger partial charge in [-0.05, 0) is 24.3 Å². The summed E-state index contributed by atoms with van der Waals surface area (Å²) < 4.78 is 130. The number of halogens is 10. The van der Waals surface area contributed by atoms with Crippen LogP contribution in [0.1, 0.15) is 68.4 Å². The molecule has 0 saturated heterocycles. The van der Waals surface area contributed by atoms with Crippen molar-refractivity contribution in [3.05, 3.63) is 78.3 Å². The number of aromatic nitrogens is 8. The van der Waals surface area contributed by atoms with E-state index in [0.29, 0.717) is 5.69 Å². The summed E-state index contributed by atoms with van der Waals surface area (Å²) in [5, 5.41) is 31.8. The molecule has 14 nitrogen and oxygen atoms in total. The number of Topliss-reactive ketones (excluding diaryl/α,β-unsaturated/α-hetero) is 1. The van der Waals surface area contributed by atoms with Gasteiger partial charge in [0.2, 0.25) is 0 Å². The van der Waals surface area contributed by atoms with Crippen LogP contribution >= 0.6 is 0 Å². The zero-order valence-electron chi connectivity index (χ0n) is 27.4. The average Bonchev–Trinajstić information content (AvgIpc) is 3.86. The minimum atomic E-state index is -4.93. The fourth-order valence-electron chi connectivity index (χ4n) is 2.83. The third-order valence-corrected chi connectivity index (χ3v) is 5.09. The van der Waals surface area contributed by atoms with Gasteiger partial charge < -0.3 is 40.0 Å². The van der Waals surface area contributed by atoms with Crippen LogP contribution in [0.25, 0.3) is 0 Å². The molecular formula is C27H68BrF9MgMnN8O6. The van der Waals surface area contributed by atoms with E-state index in [1.807, 2.05) is 0 Å². The molecule has 4 aromatic rings. The molecule has 4 aromatic heterocycles. The van der Waals surface area contributed by atoms with Crippen molar-refractivity contribution in [1.82, 2.24) is 39.1 Å². The quantitative estimate of drug-likeness (QED) is 0.0709. The first-order chi connectivity index (χ1) is 23.4. The van der Waals surface area contributed by atoms with E-state index in [0.717, 1.165) is 33.8 Å². The Bertz CT molecular complexity index is 1840. The van der Waals surface area contributed by atoms with Gasteiger partial charge in [0.15, 0.2) is 12.4 Å². The number of aryl methyl sites for hydroxylation is 4. The van der Waals surface area contributed by atoms with Gasteiger partial charge in [0.05, 0.1) is 0 Å². The van der Waals surface area contributed by atoms with Crippen molar-refractivity contribution in [2.24, 2.45) is 28.2 Å². The third kappa shape index (κ3) is 19.6. The van der Waals surface area contributed by atoms with Crippen molar-refractivity contribution < 1.29 is 129 Å². The van der Waals surface area contributed by atoms with Gasteiger partial charge in [0, 0.05) is 82.9 Å². The Morgan fingerprint density at radius 2 is 1.26 bits per heavy atom. The Hall–Kier alpha value is -4.04. The minimum absolute atomic E-state index is 0. The Labute approximate surface area is 358 Å². The predicted molar refractivity (Wildman–Crippen MR) is 198 cm³/mol. The van der Waals surface area contributed by atoms with E-state index in [1.54, 1.807) is 24.0 Å². The van der Waals surface area contributed by atoms with Crippen LogP contribution < -0.4 is 17.0 Å². The first-order valence-corrected chi connectivity index (χ1v) is 13.6. The summed E-state index contributed by atoms with van der Waals surface area (Å²) in [4.78, 5) is 20.4. The Morgan fingerprint density at radius 3 is 1.53 bits per heavy atom. The van der Waals surface area contributed by atoms with Gasteiger partial charge >= 0.3 is 64.1 Å². The number of terminal acetylenes is 2. The molecule has 0 spiro atoms. The Kier molecular flexibility index (Phi) is 26.3. The predicted octanol–water partition coefficient (Wildman–Crippen LogP) is 4.97. The van der Waals surface area contributed by atoms with Crippen molar-refractivity contribution in [1.29, 1.82) is 0 Å². The summed E-state index contributed by atoms with van der Waals surface area (Å²) >= 11 is -1.44. The molecule has 0 fully saturated rings. The third-order valence-electron chi connectivity index (χ3n) is 5.09. The number of carbonyl (C=O) groups excluding carboxylic acids is 2. The fraction of sp³-hybridized carbons (Fsp3) is 0.333. The molecule has 2 atom stereocenters. The molecule has 26 heteroatoms. The van der Waals surface area contributed by atoms with E-state index in [1.165, 1.54) is 50.3 Å². The van der Waals surface area contributed by atoms with Crippen LogP contribution in [0.5, 0.6) is 0 Å². The summed E-state index contributed by atoms with van der Waals surface area (Å²) in [5.74, 6) is -0.611. The first-order valence-electron chi connectivity index (χ1n) is 12.6. The van der Waals surface area contributed by atoms with Crippen molar-refractivity contribution in [3.63, 3.8) is 0 Å². The molecule has 2 N–H and O–H groups in total. The van der Waals surface area contributed by atoms with Gasteiger partial charge in [-0.1, -0.05) is 5.92 Å². The number of alkyl halides is 9. The zero-order chi connectivity index (χ0) is 40.4. The maximum absolute atomic E-state index is 12.4. The molecule has 0 aromatic carbocycles. The van der Waals surface area contributed by atoms with E-state index in [2.05, 4.69) is 33.2 Å². The second kappa shape index (κ2) is 25.1. The summed E-state index contributed by atoms with van der Waals surface area (Å²) in [6, 6.07) is 4.83. The standard InChI is InChI=1S/C8H7F3N2O.C6H7F3N2O.C6H5F3N2O.C5H6N2O.C2H.BrH.Mg.Mn.2O.21H2/c1-3-7(14,8(9,10)11)6-4-5-13(2)12-6;2*1-11-3-2-4(10-11)5(12)6(7,8)9;1-7-3-2-5(4-8)6-7;1-2;;;;;;;;;;;;;;;;;;;;;;;;;;/h1,4-5,14H,2H3;2-3,5,12H,1H3;2-3H,1H3;2-4H,1H3;1H;1H;;;;;21*1H/q;;;;-1;;+2;;;;;;;;;;;;;;;;;;;;;;;;/p-1. The molecule has 0 saturated carbocycles. The molecule has 2 unspecified atom stereocenters. The average molecular weight is 931 g/mol. The zero-order valence-corrected chi connectivity index (χ0v) is 31.6. The number of aliphatic hydroxyl groups is 2. The second-order valence-corrected chi connectivity index (χ2v) is 9.08. The van der Waals surface area contributed by atoms with Crippen LogP contribution in [-0.2, 0) is 56.3 Å². The van der Waals surface area contributed by atoms with Crippen LogP contribution in [0, 0.1) is 25.2 Å². The van der Waals surface area contributed by atoms with E-state index >= 15 is 0 Å². The topological polar surface area (TPSA) is 180 Å². The number of hydrogen-bond donors (Lipinski definition) is 2. The van der Waals surface area contributed by atoms with E-state index in [9.17, 15) is 54.2 Å². The van der Waals surface area contributed by atoms with Crippen molar-refractivity contribution in [2.45, 2.75) is 30.2 Å². The molecule has 53 heavy (non-hydrogen) atoms. The van der Waals surface area contributed by atoms with Gasteiger partial charge in [-0.3, -0.25) is 28.3 Å². The van der Waals surface area contributed by atoms with Gasteiger partial charge in [0.25, 0.3) is 11.4 Å². The van der Waals surface area contributed by atoms with Gasteiger partial charge in [-0.15, -0.1) is 6.42 Å². The van der Waals surface area contributed by atoms with Crippen molar-refractivity contribution in [2.75, 3.05) is 0 Å². The molecule has 331 valence electrons. The summed E-state index contributed by atoms with van der Waals surface area (Å²) in [7, 11) is 6.11. The molecule has 4 heterocycles. The van der Waals surface area contributed by atoms with Crippen molar-refractivity contribution >= 4 is 35.1 Å². The van der Waals surface area contributed by atoms with Crippen LogP contribution in [0.4, 0.5) is 39.5 Å². The number of ketones is 1. The first kappa shape index (κ1) is 55.7. The number of nitrogens with zero attached hydrogens (tertiary/aromatic N) is 8. The molecular weight excluding hydrogens is 862 g/mol. The van der Waals surface area contributed by atoms with Gasteiger partial charge in [-0.2, -0.15) is 59.9 Å². The number of aldehydes is 1. The molecule has 0 aliphatic heterocycles. The number of aliphatic hydroxyl groups excluding tert-OH is 1. The molecule has 0 radical (unpaired) electrons. The monoisotopic (exact) mass is 929 g/mol. The van der Waals surface area contributed by atoms with Crippen LogP contribution in [0.3, 0.4) is 0 Å². The number of rotatable bonds is 4. The SMILES string of the molecule is C#CC(O)(c1ccn(C)n1)C(F)(F)F.Cn1ccc(C(=O)C(F)(F)F)n1.Cn1ccc(C(O)C(F)(F)F)n1.Cn1ccc(C=O)n1.[Br-].[C-]#C.[HH].[HH].[HH].[HH].[HH].[HH].[HH].[HH].[HH].[HH].[HH].[HH].[HH].[HH].[HH].[HH].[HH].[HH].[HH].[HH].[HH].[Mg+2].[O]=[Mn]=[O]. The van der Waals surface area contributed by atoms with E-state index < -0.39 is 62.2 Å². The molecule has 0 bridgehead atoms. The van der Waals surface area contributed by atoms with Crippen molar-refractivity contribution in [3.8, 4) is 18.8 Å². The molecule has 0 aliphatic rings. The Balaban J connectivity index is -0.0000000167. The fourth-order valence-corrected chi connectivity index (χ4v) is 2.83. The van der Waals surface area contributed by atoms with Gasteiger partial charge in [0.1, 0.15) is 22.8 Å².